The first-order chi connectivity index (χ1) is 16.2. The Morgan fingerprint density at radius 3 is 1.82 bits per heavy atom. The average Bonchev–Trinajstić information content (AvgIpc) is 2.86. The molecule has 0 amide bonds. The van der Waals surface area contributed by atoms with Crippen LogP contribution in [-0.4, -0.2) is 19.3 Å². The molecule has 0 unspecified atom stereocenters. The van der Waals surface area contributed by atoms with Crippen LogP contribution in [0.1, 0.15) is 5.56 Å². The summed E-state index contributed by atoms with van der Waals surface area (Å²) in [6.45, 7) is 0.410. The van der Waals surface area contributed by atoms with Gasteiger partial charge in [-0.2, -0.15) is 0 Å². The van der Waals surface area contributed by atoms with Crippen LogP contribution < -0.4 is 14.2 Å². The van der Waals surface area contributed by atoms with E-state index in [9.17, 15) is 5.11 Å². The van der Waals surface area contributed by atoms with Crippen molar-refractivity contribution in [3.05, 3.63) is 96.6 Å². The number of hydrogen-bond donors (Lipinski definition) is 1. The van der Waals surface area contributed by atoms with E-state index in [0.717, 1.165) is 38.2 Å². The molecule has 5 rings (SSSR count). The molecule has 33 heavy (non-hydrogen) atoms. The van der Waals surface area contributed by atoms with Gasteiger partial charge in [0.15, 0.2) is 23.0 Å². The molecule has 4 nitrogen and oxygen atoms in total. The highest BCUT2D eigenvalue weighted by Gasteiger charge is 2.24. The van der Waals surface area contributed by atoms with Gasteiger partial charge in [-0.3, -0.25) is 0 Å². The van der Waals surface area contributed by atoms with Crippen LogP contribution >= 0.6 is 0 Å². The summed E-state index contributed by atoms with van der Waals surface area (Å²) in [5.41, 5.74) is 2.66. The van der Waals surface area contributed by atoms with Crippen molar-refractivity contribution in [3.63, 3.8) is 0 Å². The lowest BCUT2D eigenvalue weighted by atomic mass is 9.91. The number of ether oxygens (including phenoxy) is 3. The van der Waals surface area contributed by atoms with Crippen LogP contribution in [-0.2, 0) is 6.61 Å². The minimum atomic E-state index is 0.0768. The maximum absolute atomic E-state index is 10.8. The fourth-order valence-corrected chi connectivity index (χ4v) is 4.36. The van der Waals surface area contributed by atoms with E-state index >= 15 is 0 Å². The normalized spacial score (nSPS) is 11.0. The Balaban J connectivity index is 1.82. The molecule has 0 aliphatic carbocycles. The van der Waals surface area contributed by atoms with Gasteiger partial charge in [0, 0.05) is 11.1 Å². The third-order valence-corrected chi connectivity index (χ3v) is 5.85. The van der Waals surface area contributed by atoms with Gasteiger partial charge in [0.1, 0.15) is 6.61 Å². The smallest absolute Gasteiger partial charge is 0.169 e. The average molecular weight is 437 g/mol. The monoisotopic (exact) mass is 436 g/mol. The van der Waals surface area contributed by atoms with Crippen LogP contribution in [0.5, 0.6) is 23.0 Å². The van der Waals surface area contributed by atoms with Gasteiger partial charge in [0.25, 0.3) is 0 Å². The topological polar surface area (TPSA) is 47.9 Å². The van der Waals surface area contributed by atoms with E-state index in [1.54, 1.807) is 20.3 Å². The molecule has 0 spiro atoms. The highest BCUT2D eigenvalue weighted by Crippen LogP contribution is 2.51. The number of phenolic OH excluding ortho intramolecular Hbond substituents is 1. The second kappa shape index (κ2) is 8.75. The summed E-state index contributed by atoms with van der Waals surface area (Å²) >= 11 is 0. The number of aromatic hydroxyl groups is 1. The van der Waals surface area contributed by atoms with E-state index < -0.39 is 0 Å². The number of methoxy groups -OCH3 is 2. The fourth-order valence-electron chi connectivity index (χ4n) is 4.36. The second-order valence-corrected chi connectivity index (χ2v) is 7.80. The number of phenols is 1. The maximum atomic E-state index is 10.8. The van der Waals surface area contributed by atoms with Crippen LogP contribution in [0.15, 0.2) is 91.0 Å². The van der Waals surface area contributed by atoms with Gasteiger partial charge in [-0.05, 0) is 39.2 Å². The zero-order valence-corrected chi connectivity index (χ0v) is 18.5. The third kappa shape index (κ3) is 3.70. The van der Waals surface area contributed by atoms with Gasteiger partial charge < -0.3 is 19.3 Å². The van der Waals surface area contributed by atoms with Gasteiger partial charge in [-0.15, -0.1) is 0 Å². The number of fused-ring (bicyclic) bond motifs is 2. The summed E-state index contributed by atoms with van der Waals surface area (Å²) in [6, 6.07) is 29.8. The summed E-state index contributed by atoms with van der Waals surface area (Å²) in [4.78, 5) is 0. The molecule has 4 heteroatoms. The van der Waals surface area contributed by atoms with Crippen molar-refractivity contribution in [2.75, 3.05) is 14.2 Å². The molecule has 5 aromatic carbocycles. The van der Waals surface area contributed by atoms with Gasteiger partial charge in [-0.25, -0.2) is 0 Å². The minimum Gasteiger partial charge on any atom is -0.504 e. The zero-order chi connectivity index (χ0) is 22.8. The van der Waals surface area contributed by atoms with Crippen LogP contribution in [0.3, 0.4) is 0 Å². The molecular formula is C29H24O4. The highest BCUT2D eigenvalue weighted by atomic mass is 16.5. The molecular weight excluding hydrogens is 412 g/mol. The molecule has 0 radical (unpaired) electrons. The molecule has 0 aliphatic rings. The molecule has 5 aromatic rings. The van der Waals surface area contributed by atoms with E-state index in [-0.39, 0.29) is 5.75 Å². The Morgan fingerprint density at radius 1 is 0.636 bits per heavy atom. The lowest BCUT2D eigenvalue weighted by molar-refractivity contribution is 0.285. The van der Waals surface area contributed by atoms with Crippen molar-refractivity contribution < 1.29 is 19.3 Å². The van der Waals surface area contributed by atoms with E-state index in [4.69, 9.17) is 14.2 Å². The van der Waals surface area contributed by atoms with Gasteiger partial charge in [0.2, 0.25) is 0 Å². The SMILES string of the molecule is COc1c(O)cc2ccccc2c1-c1c(OC)c(OCc2ccccc2)cc2ccccc12. The molecule has 0 saturated heterocycles. The van der Waals surface area contributed by atoms with Crippen LogP contribution in [0.2, 0.25) is 0 Å². The molecule has 0 heterocycles. The van der Waals surface area contributed by atoms with Crippen molar-refractivity contribution >= 4 is 21.5 Å². The maximum Gasteiger partial charge on any atom is 0.169 e. The Hall–Kier alpha value is -4.18. The van der Waals surface area contributed by atoms with Crippen molar-refractivity contribution in [1.29, 1.82) is 0 Å². The predicted octanol–water partition coefficient (Wildman–Crippen LogP) is 6.96. The minimum absolute atomic E-state index is 0.0768. The standard InChI is InChI=1S/C29H24O4/c1-31-28-24(30)16-20-12-6-8-14-22(20)26(28)27-23-15-9-7-13-21(23)17-25(29(27)32-2)33-18-19-10-4-3-5-11-19/h3-17,30H,18H2,1-2H3. The zero-order valence-electron chi connectivity index (χ0n) is 18.5. The largest absolute Gasteiger partial charge is 0.504 e. The Kier molecular flexibility index (Phi) is 5.49. The van der Waals surface area contributed by atoms with Crippen LogP contribution in [0.4, 0.5) is 0 Å². The van der Waals surface area contributed by atoms with Crippen molar-refractivity contribution in [1.82, 2.24) is 0 Å². The summed E-state index contributed by atoms with van der Waals surface area (Å²) in [6.07, 6.45) is 0. The molecule has 0 fully saturated rings. The first-order valence-electron chi connectivity index (χ1n) is 10.8. The molecule has 0 saturated carbocycles. The Labute approximate surface area is 192 Å². The number of rotatable bonds is 6. The predicted molar refractivity (Wildman–Crippen MR) is 132 cm³/mol. The quantitative estimate of drug-likeness (QED) is 0.312. The number of hydrogen-bond acceptors (Lipinski definition) is 4. The Bertz CT molecular complexity index is 1440. The van der Waals surface area contributed by atoms with Gasteiger partial charge in [0.05, 0.1) is 14.2 Å². The van der Waals surface area contributed by atoms with Gasteiger partial charge in [-0.1, -0.05) is 78.9 Å². The third-order valence-electron chi connectivity index (χ3n) is 5.85. The summed E-state index contributed by atoms with van der Waals surface area (Å²) in [7, 11) is 3.21. The van der Waals surface area contributed by atoms with E-state index in [2.05, 4.69) is 0 Å². The lowest BCUT2D eigenvalue weighted by Crippen LogP contribution is -2.01. The molecule has 0 atom stereocenters. The molecule has 0 aliphatic heterocycles. The first-order valence-corrected chi connectivity index (χ1v) is 10.8. The van der Waals surface area contributed by atoms with Crippen molar-refractivity contribution in [3.8, 4) is 34.1 Å². The fraction of sp³-hybridized carbons (Fsp3) is 0.103. The Morgan fingerprint density at radius 2 is 1.18 bits per heavy atom. The van der Waals surface area contributed by atoms with Gasteiger partial charge >= 0.3 is 0 Å². The van der Waals surface area contributed by atoms with E-state index in [1.807, 2.05) is 84.9 Å². The van der Waals surface area contributed by atoms with Crippen molar-refractivity contribution in [2.45, 2.75) is 6.61 Å². The molecule has 164 valence electrons. The first kappa shape index (κ1) is 20.7. The summed E-state index contributed by atoms with van der Waals surface area (Å²) in [5.74, 6) is 1.70. The summed E-state index contributed by atoms with van der Waals surface area (Å²) in [5, 5.41) is 14.7. The van der Waals surface area contributed by atoms with E-state index in [1.165, 1.54) is 0 Å². The molecule has 1 N–H and O–H groups in total. The van der Waals surface area contributed by atoms with Crippen LogP contribution in [0, 0.1) is 0 Å². The van der Waals surface area contributed by atoms with E-state index in [0.29, 0.717) is 23.9 Å². The second-order valence-electron chi connectivity index (χ2n) is 7.80. The molecule has 0 bridgehead atoms. The highest BCUT2D eigenvalue weighted by molar-refractivity contribution is 6.11. The lowest BCUT2D eigenvalue weighted by Gasteiger charge is -2.21. The van der Waals surface area contributed by atoms with Crippen LogP contribution in [0.25, 0.3) is 32.7 Å². The van der Waals surface area contributed by atoms with Crippen molar-refractivity contribution in [2.24, 2.45) is 0 Å². The molecule has 0 aromatic heterocycles. The number of benzene rings is 5. The summed E-state index contributed by atoms with van der Waals surface area (Å²) < 4.78 is 17.9.